The van der Waals surface area contributed by atoms with E-state index in [1.54, 1.807) is 14.2 Å². The van der Waals surface area contributed by atoms with Crippen molar-refractivity contribution >= 4 is 5.97 Å². The average Bonchev–Trinajstić information content (AvgIpc) is 2.58. The van der Waals surface area contributed by atoms with Gasteiger partial charge in [0.2, 0.25) is 0 Å². The number of carboxylic acids is 1. The predicted molar refractivity (Wildman–Crippen MR) is 69.0 cm³/mol. The van der Waals surface area contributed by atoms with E-state index in [9.17, 15) is 4.79 Å². The van der Waals surface area contributed by atoms with Crippen LogP contribution < -0.4 is 0 Å². The number of aliphatic carboxylic acids is 1. The maximum atomic E-state index is 10.8. The van der Waals surface area contributed by atoms with Crippen molar-refractivity contribution in [1.29, 1.82) is 0 Å². The highest BCUT2D eigenvalue weighted by Gasteiger charge is 2.44. The molecular weight excluding hydrogens is 248 g/mol. The Kier molecular flexibility index (Phi) is 4.96. The van der Waals surface area contributed by atoms with Gasteiger partial charge in [-0.15, -0.1) is 0 Å². The zero-order valence-electron chi connectivity index (χ0n) is 11.5. The Morgan fingerprint density at radius 2 is 2.32 bits per heavy atom. The third-order valence-corrected chi connectivity index (χ3v) is 4.17. The maximum Gasteiger partial charge on any atom is 0.307 e. The molecule has 1 heterocycles. The van der Waals surface area contributed by atoms with Crippen LogP contribution in [-0.4, -0.2) is 50.7 Å². The molecule has 1 aliphatic heterocycles. The Morgan fingerprint density at radius 1 is 1.53 bits per heavy atom. The Bertz CT molecular complexity index is 352. The lowest BCUT2D eigenvalue weighted by molar-refractivity contribution is -0.136. The monoisotopic (exact) mass is 270 g/mol. The molecule has 2 aliphatic rings. The lowest BCUT2D eigenvalue weighted by Crippen LogP contribution is -2.27. The fourth-order valence-corrected chi connectivity index (χ4v) is 3.24. The first kappa shape index (κ1) is 14.5. The van der Waals surface area contributed by atoms with Crippen molar-refractivity contribution in [3.63, 3.8) is 0 Å². The molecule has 0 radical (unpaired) electrons. The minimum atomic E-state index is -0.801. The minimum absolute atomic E-state index is 0.0715. The third-order valence-electron chi connectivity index (χ3n) is 4.17. The zero-order valence-corrected chi connectivity index (χ0v) is 11.5. The largest absolute Gasteiger partial charge is 0.481 e. The van der Waals surface area contributed by atoms with Crippen LogP contribution in [0.25, 0.3) is 0 Å². The van der Waals surface area contributed by atoms with Crippen LogP contribution in [0.2, 0.25) is 0 Å². The number of fused-ring (bicyclic) bond motifs is 1. The summed E-state index contributed by atoms with van der Waals surface area (Å²) in [5.74, 6) is -0.123. The van der Waals surface area contributed by atoms with Crippen LogP contribution >= 0.6 is 0 Å². The smallest absolute Gasteiger partial charge is 0.307 e. The zero-order chi connectivity index (χ0) is 13.8. The number of allylic oxidation sites excluding steroid dienone is 1. The van der Waals surface area contributed by atoms with Crippen molar-refractivity contribution in [1.82, 2.24) is 0 Å². The van der Waals surface area contributed by atoms with Crippen LogP contribution in [0, 0.1) is 11.8 Å². The molecule has 0 aromatic rings. The van der Waals surface area contributed by atoms with Crippen LogP contribution in [0.3, 0.4) is 0 Å². The third kappa shape index (κ3) is 3.35. The van der Waals surface area contributed by atoms with Gasteiger partial charge in [-0.25, -0.2) is 0 Å². The molecule has 1 N–H and O–H groups in total. The van der Waals surface area contributed by atoms with E-state index in [0.29, 0.717) is 25.0 Å². The SMILES string of the molecule is COC[C@H]1C(OC)CC2OCC(CC(=O)O)=CC[C@@H]21. The molecule has 0 amide bonds. The Balaban J connectivity index is 2.05. The normalized spacial score (nSPS) is 34.5. The number of hydrogen-bond donors (Lipinski definition) is 1. The van der Waals surface area contributed by atoms with Crippen molar-refractivity contribution in [2.45, 2.75) is 31.5 Å². The van der Waals surface area contributed by atoms with Gasteiger partial charge in [0.15, 0.2) is 0 Å². The fourth-order valence-electron chi connectivity index (χ4n) is 3.24. The Hall–Kier alpha value is -0.910. The van der Waals surface area contributed by atoms with E-state index in [1.165, 1.54) is 0 Å². The standard InChI is InChI=1S/C14H22O5/c1-17-8-11-10-4-3-9(5-14(15)16)7-19-13(10)6-12(11)18-2/h3,10-13H,4-8H2,1-2H3,(H,15,16)/t10-,11-,12?,13?/m1/s1. The second kappa shape index (κ2) is 6.50. The van der Waals surface area contributed by atoms with E-state index in [4.69, 9.17) is 19.3 Å². The van der Waals surface area contributed by atoms with E-state index in [-0.39, 0.29) is 18.6 Å². The van der Waals surface area contributed by atoms with Gasteiger partial charge in [0.05, 0.1) is 31.8 Å². The molecule has 1 aliphatic carbocycles. The summed E-state index contributed by atoms with van der Waals surface area (Å²) < 4.78 is 16.7. The highest BCUT2D eigenvalue weighted by molar-refractivity contribution is 5.70. The summed E-state index contributed by atoms with van der Waals surface area (Å²) in [6, 6.07) is 0. The molecule has 19 heavy (non-hydrogen) atoms. The molecule has 0 aromatic carbocycles. The average molecular weight is 270 g/mol. The lowest BCUT2D eigenvalue weighted by atomic mass is 9.91. The molecule has 108 valence electrons. The predicted octanol–water partition coefficient (Wildman–Crippen LogP) is 1.47. The van der Waals surface area contributed by atoms with Gasteiger partial charge in [-0.1, -0.05) is 6.08 Å². The molecule has 2 rings (SSSR count). The second-order valence-corrected chi connectivity index (χ2v) is 5.31. The van der Waals surface area contributed by atoms with Gasteiger partial charge in [0, 0.05) is 26.6 Å². The molecule has 4 atom stereocenters. The van der Waals surface area contributed by atoms with Gasteiger partial charge in [-0.2, -0.15) is 0 Å². The van der Waals surface area contributed by atoms with Crippen molar-refractivity contribution in [3.8, 4) is 0 Å². The van der Waals surface area contributed by atoms with Crippen LogP contribution in [0.1, 0.15) is 19.3 Å². The lowest BCUT2D eigenvalue weighted by Gasteiger charge is -2.23. The number of carbonyl (C=O) groups is 1. The van der Waals surface area contributed by atoms with Gasteiger partial charge in [-0.3, -0.25) is 4.79 Å². The summed E-state index contributed by atoms with van der Waals surface area (Å²) in [6.07, 6.45) is 4.13. The molecule has 0 saturated heterocycles. The van der Waals surface area contributed by atoms with Gasteiger partial charge in [0.25, 0.3) is 0 Å². The summed E-state index contributed by atoms with van der Waals surface area (Å²) >= 11 is 0. The highest BCUT2D eigenvalue weighted by atomic mass is 16.5. The van der Waals surface area contributed by atoms with E-state index >= 15 is 0 Å². The molecule has 2 unspecified atom stereocenters. The first-order valence-corrected chi connectivity index (χ1v) is 6.68. The summed E-state index contributed by atoms with van der Waals surface area (Å²) in [4.78, 5) is 10.8. The number of ether oxygens (including phenoxy) is 3. The number of carboxylic acid groups (broad SMARTS) is 1. The van der Waals surface area contributed by atoms with Crippen molar-refractivity contribution in [3.05, 3.63) is 11.6 Å². The topological polar surface area (TPSA) is 65.0 Å². The van der Waals surface area contributed by atoms with Crippen molar-refractivity contribution in [2.75, 3.05) is 27.4 Å². The van der Waals surface area contributed by atoms with Gasteiger partial charge < -0.3 is 19.3 Å². The molecule has 5 nitrogen and oxygen atoms in total. The number of rotatable bonds is 5. The van der Waals surface area contributed by atoms with Crippen LogP contribution in [-0.2, 0) is 19.0 Å². The molecule has 5 heteroatoms. The highest BCUT2D eigenvalue weighted by Crippen LogP contribution is 2.40. The van der Waals surface area contributed by atoms with E-state index in [2.05, 4.69) is 0 Å². The first-order valence-electron chi connectivity index (χ1n) is 6.68. The Labute approximate surface area is 113 Å². The molecule has 1 saturated carbocycles. The number of methoxy groups -OCH3 is 2. The van der Waals surface area contributed by atoms with Crippen molar-refractivity contribution in [2.24, 2.45) is 11.8 Å². The van der Waals surface area contributed by atoms with E-state index < -0.39 is 5.97 Å². The summed E-state index contributed by atoms with van der Waals surface area (Å²) in [5, 5.41) is 8.84. The Morgan fingerprint density at radius 3 is 2.95 bits per heavy atom. The fraction of sp³-hybridized carbons (Fsp3) is 0.786. The second-order valence-electron chi connectivity index (χ2n) is 5.31. The molecule has 1 fully saturated rings. The summed E-state index contributed by atoms with van der Waals surface area (Å²) in [7, 11) is 3.42. The van der Waals surface area contributed by atoms with Crippen LogP contribution in [0.5, 0.6) is 0 Å². The maximum absolute atomic E-state index is 10.8. The van der Waals surface area contributed by atoms with Gasteiger partial charge in [-0.05, 0) is 17.9 Å². The number of hydrogen-bond acceptors (Lipinski definition) is 4. The van der Waals surface area contributed by atoms with Crippen LogP contribution in [0.15, 0.2) is 11.6 Å². The van der Waals surface area contributed by atoms with E-state index in [0.717, 1.165) is 18.4 Å². The summed E-state index contributed by atoms with van der Waals surface area (Å²) in [5.41, 5.74) is 0.868. The van der Waals surface area contributed by atoms with Crippen LogP contribution in [0.4, 0.5) is 0 Å². The van der Waals surface area contributed by atoms with Gasteiger partial charge >= 0.3 is 5.97 Å². The van der Waals surface area contributed by atoms with Gasteiger partial charge in [0.1, 0.15) is 0 Å². The van der Waals surface area contributed by atoms with E-state index in [1.807, 2.05) is 6.08 Å². The summed E-state index contributed by atoms with van der Waals surface area (Å²) in [6.45, 7) is 1.08. The molecule has 0 spiro atoms. The van der Waals surface area contributed by atoms with Crippen molar-refractivity contribution < 1.29 is 24.1 Å². The molecule has 0 aromatic heterocycles. The quantitative estimate of drug-likeness (QED) is 0.766. The first-order chi connectivity index (χ1) is 9.15. The minimum Gasteiger partial charge on any atom is -0.481 e. The molecular formula is C14H22O5. The molecule has 0 bridgehead atoms.